The van der Waals surface area contributed by atoms with Crippen LogP contribution in [0, 0.1) is 5.82 Å². The van der Waals surface area contributed by atoms with E-state index in [9.17, 15) is 4.39 Å². The van der Waals surface area contributed by atoms with Gasteiger partial charge in [-0.05, 0) is 41.2 Å². The molecule has 1 unspecified atom stereocenters. The Kier molecular flexibility index (Phi) is 3.81. The van der Waals surface area contributed by atoms with Gasteiger partial charge in [-0.15, -0.1) is 0 Å². The van der Waals surface area contributed by atoms with Crippen LogP contribution in [-0.2, 0) is 0 Å². The summed E-state index contributed by atoms with van der Waals surface area (Å²) in [5.74, 6) is -0.337. The summed E-state index contributed by atoms with van der Waals surface area (Å²) < 4.78 is 14.5. The number of hydrogen-bond donors (Lipinski definition) is 1. The first-order valence-corrected chi connectivity index (χ1v) is 5.90. The molecule has 0 aliphatic rings. The van der Waals surface area contributed by atoms with Gasteiger partial charge in [-0.3, -0.25) is 9.97 Å². The lowest BCUT2D eigenvalue weighted by Crippen LogP contribution is -2.20. The standard InChI is InChI=1S/C12H11BrFN3/c1-15-12(9-4-5-16-7-10(9)14)11-3-2-8(13)6-17-11/h2-7,12,15H,1H3. The normalized spacial score (nSPS) is 12.4. The number of hydrogen-bond acceptors (Lipinski definition) is 3. The second kappa shape index (κ2) is 5.33. The molecule has 0 spiro atoms. The van der Waals surface area contributed by atoms with E-state index >= 15 is 0 Å². The summed E-state index contributed by atoms with van der Waals surface area (Å²) in [5.41, 5.74) is 1.30. The van der Waals surface area contributed by atoms with E-state index in [-0.39, 0.29) is 11.9 Å². The molecule has 1 N–H and O–H groups in total. The molecule has 0 aliphatic heterocycles. The highest BCUT2D eigenvalue weighted by Gasteiger charge is 2.16. The summed E-state index contributed by atoms with van der Waals surface area (Å²) >= 11 is 3.32. The van der Waals surface area contributed by atoms with Gasteiger partial charge in [0, 0.05) is 22.4 Å². The van der Waals surface area contributed by atoms with E-state index in [0.717, 1.165) is 10.2 Å². The molecule has 0 radical (unpaired) electrons. The third kappa shape index (κ3) is 2.68. The highest BCUT2D eigenvalue weighted by atomic mass is 79.9. The molecule has 2 rings (SSSR count). The van der Waals surface area contributed by atoms with Crippen molar-refractivity contribution < 1.29 is 4.39 Å². The molecule has 2 aromatic rings. The Labute approximate surface area is 107 Å². The van der Waals surface area contributed by atoms with Crippen molar-refractivity contribution in [3.63, 3.8) is 0 Å². The fourth-order valence-corrected chi connectivity index (χ4v) is 1.88. The van der Waals surface area contributed by atoms with Crippen molar-refractivity contribution in [3.05, 3.63) is 58.3 Å². The van der Waals surface area contributed by atoms with Gasteiger partial charge in [-0.25, -0.2) is 4.39 Å². The molecule has 0 saturated heterocycles. The molecule has 88 valence electrons. The van der Waals surface area contributed by atoms with Crippen molar-refractivity contribution in [2.75, 3.05) is 7.05 Å². The van der Waals surface area contributed by atoms with Crippen LogP contribution < -0.4 is 5.32 Å². The van der Waals surface area contributed by atoms with Gasteiger partial charge in [0.15, 0.2) is 0 Å². The molecule has 0 fully saturated rings. The van der Waals surface area contributed by atoms with Crippen LogP contribution in [0.25, 0.3) is 0 Å². The first kappa shape index (κ1) is 12.1. The smallest absolute Gasteiger partial charge is 0.146 e. The van der Waals surface area contributed by atoms with E-state index in [1.54, 1.807) is 25.5 Å². The van der Waals surface area contributed by atoms with Gasteiger partial charge >= 0.3 is 0 Å². The minimum absolute atomic E-state index is 0.272. The predicted molar refractivity (Wildman–Crippen MR) is 67.0 cm³/mol. The monoisotopic (exact) mass is 295 g/mol. The fourth-order valence-electron chi connectivity index (χ4n) is 1.64. The second-order valence-corrected chi connectivity index (χ2v) is 4.44. The van der Waals surface area contributed by atoms with Crippen molar-refractivity contribution in [2.24, 2.45) is 0 Å². The summed E-state index contributed by atoms with van der Waals surface area (Å²) in [6, 6.07) is 5.11. The highest BCUT2D eigenvalue weighted by Crippen LogP contribution is 2.22. The summed E-state index contributed by atoms with van der Waals surface area (Å²) in [6.07, 6.45) is 4.47. The largest absolute Gasteiger partial charge is 0.308 e. The average Bonchev–Trinajstić information content (AvgIpc) is 2.35. The minimum Gasteiger partial charge on any atom is -0.308 e. The summed E-state index contributed by atoms with van der Waals surface area (Å²) in [5, 5.41) is 3.05. The van der Waals surface area contributed by atoms with Crippen molar-refractivity contribution in [2.45, 2.75) is 6.04 Å². The van der Waals surface area contributed by atoms with Crippen molar-refractivity contribution in [3.8, 4) is 0 Å². The first-order valence-electron chi connectivity index (χ1n) is 5.10. The van der Waals surface area contributed by atoms with Crippen LogP contribution >= 0.6 is 15.9 Å². The number of pyridine rings is 2. The molecular formula is C12H11BrFN3. The Morgan fingerprint density at radius 3 is 2.71 bits per heavy atom. The van der Waals surface area contributed by atoms with Gasteiger partial charge in [0.2, 0.25) is 0 Å². The van der Waals surface area contributed by atoms with E-state index in [0.29, 0.717) is 5.56 Å². The number of nitrogens with one attached hydrogen (secondary N) is 1. The molecule has 2 heterocycles. The van der Waals surface area contributed by atoms with E-state index in [1.165, 1.54) is 6.20 Å². The average molecular weight is 296 g/mol. The van der Waals surface area contributed by atoms with Crippen LogP contribution in [-0.4, -0.2) is 17.0 Å². The second-order valence-electron chi connectivity index (χ2n) is 3.52. The number of halogens is 2. The van der Waals surface area contributed by atoms with Gasteiger partial charge in [-0.1, -0.05) is 0 Å². The van der Waals surface area contributed by atoms with E-state index < -0.39 is 0 Å². The zero-order valence-electron chi connectivity index (χ0n) is 9.19. The first-order chi connectivity index (χ1) is 8.22. The number of rotatable bonds is 3. The molecule has 3 nitrogen and oxygen atoms in total. The van der Waals surface area contributed by atoms with Crippen LogP contribution in [0.4, 0.5) is 4.39 Å². The minimum atomic E-state index is -0.337. The molecule has 0 amide bonds. The van der Waals surface area contributed by atoms with Crippen molar-refractivity contribution in [1.29, 1.82) is 0 Å². The zero-order chi connectivity index (χ0) is 12.3. The summed E-state index contributed by atoms with van der Waals surface area (Å²) in [4.78, 5) is 8.01. The Morgan fingerprint density at radius 1 is 1.29 bits per heavy atom. The molecule has 0 saturated carbocycles. The molecule has 0 aliphatic carbocycles. The van der Waals surface area contributed by atoms with Crippen molar-refractivity contribution in [1.82, 2.24) is 15.3 Å². The molecule has 2 aromatic heterocycles. The molecule has 0 bridgehead atoms. The summed E-state index contributed by atoms with van der Waals surface area (Å²) in [6.45, 7) is 0. The SMILES string of the molecule is CNC(c1ccc(Br)cn1)c1ccncc1F. The maximum Gasteiger partial charge on any atom is 0.146 e. The third-order valence-corrected chi connectivity index (χ3v) is 2.92. The highest BCUT2D eigenvalue weighted by molar-refractivity contribution is 9.10. The van der Waals surface area contributed by atoms with Crippen LogP contribution in [0.5, 0.6) is 0 Å². The van der Waals surface area contributed by atoms with E-state index in [2.05, 4.69) is 31.2 Å². The molecule has 17 heavy (non-hydrogen) atoms. The zero-order valence-corrected chi connectivity index (χ0v) is 10.8. The predicted octanol–water partition coefficient (Wildman–Crippen LogP) is 2.69. The molecule has 5 heteroatoms. The lowest BCUT2D eigenvalue weighted by atomic mass is 10.0. The molecular weight excluding hydrogens is 285 g/mol. The van der Waals surface area contributed by atoms with Crippen molar-refractivity contribution >= 4 is 15.9 Å². The Balaban J connectivity index is 2.40. The van der Waals surface area contributed by atoms with E-state index in [1.807, 2.05) is 12.1 Å². The van der Waals surface area contributed by atoms with Gasteiger partial charge in [-0.2, -0.15) is 0 Å². The topological polar surface area (TPSA) is 37.8 Å². The van der Waals surface area contributed by atoms with Gasteiger partial charge in [0.25, 0.3) is 0 Å². The van der Waals surface area contributed by atoms with Crippen LogP contribution in [0.15, 0.2) is 41.3 Å². The maximum absolute atomic E-state index is 13.7. The Hall–Kier alpha value is -1.33. The quantitative estimate of drug-likeness (QED) is 0.946. The lowest BCUT2D eigenvalue weighted by molar-refractivity contribution is 0.565. The van der Waals surface area contributed by atoms with Crippen LogP contribution in [0.2, 0.25) is 0 Å². The van der Waals surface area contributed by atoms with Crippen LogP contribution in [0.3, 0.4) is 0 Å². The Morgan fingerprint density at radius 2 is 2.12 bits per heavy atom. The Bertz CT molecular complexity index is 501. The lowest BCUT2D eigenvalue weighted by Gasteiger charge is -2.16. The number of nitrogens with zero attached hydrogens (tertiary/aromatic N) is 2. The van der Waals surface area contributed by atoms with E-state index in [4.69, 9.17) is 0 Å². The third-order valence-electron chi connectivity index (χ3n) is 2.45. The molecule has 1 atom stereocenters. The summed E-state index contributed by atoms with van der Waals surface area (Å²) in [7, 11) is 1.77. The van der Waals surface area contributed by atoms with Crippen LogP contribution in [0.1, 0.15) is 17.3 Å². The fraction of sp³-hybridized carbons (Fsp3) is 0.167. The maximum atomic E-state index is 13.7. The van der Waals surface area contributed by atoms with Gasteiger partial charge < -0.3 is 5.32 Å². The van der Waals surface area contributed by atoms with Gasteiger partial charge in [0.1, 0.15) is 5.82 Å². The number of aromatic nitrogens is 2. The molecule has 0 aromatic carbocycles. The van der Waals surface area contributed by atoms with Gasteiger partial charge in [0.05, 0.1) is 17.9 Å².